The van der Waals surface area contributed by atoms with Gasteiger partial charge in [-0.05, 0) is 30.5 Å². The van der Waals surface area contributed by atoms with Gasteiger partial charge in [0.1, 0.15) is 17.4 Å². The van der Waals surface area contributed by atoms with Crippen molar-refractivity contribution in [3.05, 3.63) is 29.3 Å². The van der Waals surface area contributed by atoms with Gasteiger partial charge in [-0.15, -0.1) is 0 Å². The lowest BCUT2D eigenvalue weighted by Crippen LogP contribution is -2.48. The molecule has 172 valence electrons. The Morgan fingerprint density at radius 1 is 1.10 bits per heavy atom. The van der Waals surface area contributed by atoms with Crippen molar-refractivity contribution < 1.29 is 39.2 Å². The third-order valence-electron chi connectivity index (χ3n) is 4.36. The zero-order chi connectivity index (χ0) is 23.2. The minimum absolute atomic E-state index is 0.0317. The Hall–Kier alpha value is -3.14. The summed E-state index contributed by atoms with van der Waals surface area (Å²) in [6.07, 6.45) is 3.09. The maximum atomic E-state index is 12.6. The monoisotopic (exact) mass is 438 g/mol. The number of carboxylic acid groups (broad SMARTS) is 2. The van der Waals surface area contributed by atoms with Crippen LogP contribution in [-0.4, -0.2) is 64.9 Å². The van der Waals surface area contributed by atoms with Crippen LogP contribution in [0.1, 0.15) is 54.9 Å². The molecule has 0 aliphatic carbocycles. The molecule has 31 heavy (non-hydrogen) atoms. The smallest absolute Gasteiger partial charge is 0.341 e. The number of carboxylic acids is 2. The number of ether oxygens (including phenoxy) is 1. The lowest BCUT2D eigenvalue weighted by atomic mass is 10.0. The van der Waals surface area contributed by atoms with Gasteiger partial charge < -0.3 is 30.7 Å². The van der Waals surface area contributed by atoms with Crippen LogP contribution >= 0.6 is 0 Å². The van der Waals surface area contributed by atoms with Crippen molar-refractivity contribution in [1.82, 2.24) is 10.6 Å². The van der Waals surface area contributed by atoms with E-state index in [9.17, 15) is 24.3 Å². The number of nitrogens with one attached hydrogen (secondary N) is 2. The van der Waals surface area contributed by atoms with E-state index in [1.54, 1.807) is 0 Å². The van der Waals surface area contributed by atoms with E-state index in [0.717, 1.165) is 19.3 Å². The summed E-state index contributed by atoms with van der Waals surface area (Å²) in [5.74, 6) is -3.45. The highest BCUT2D eigenvalue weighted by Gasteiger charge is 2.22. The van der Waals surface area contributed by atoms with E-state index in [1.165, 1.54) is 18.2 Å². The van der Waals surface area contributed by atoms with Crippen LogP contribution in [0.2, 0.25) is 0 Å². The first-order valence-corrected chi connectivity index (χ1v) is 10.2. The molecule has 0 saturated carbocycles. The summed E-state index contributed by atoms with van der Waals surface area (Å²) in [4.78, 5) is 46.9. The summed E-state index contributed by atoms with van der Waals surface area (Å²) in [6.45, 7) is 1.65. The third kappa shape index (κ3) is 9.94. The van der Waals surface area contributed by atoms with E-state index in [0.29, 0.717) is 12.1 Å². The maximum Gasteiger partial charge on any atom is 0.341 e. The highest BCUT2D eigenvalue weighted by molar-refractivity contribution is 5.91. The molecule has 2 amide bonds. The number of carbonyl (C=O) groups excluding carboxylic acids is 2. The zero-order valence-electron chi connectivity index (χ0n) is 17.6. The van der Waals surface area contributed by atoms with Gasteiger partial charge in [-0.3, -0.25) is 9.59 Å². The first kappa shape index (κ1) is 25.9. The van der Waals surface area contributed by atoms with Crippen LogP contribution in [0.25, 0.3) is 0 Å². The van der Waals surface area contributed by atoms with Gasteiger partial charge in [-0.2, -0.15) is 0 Å². The minimum atomic E-state index is -1.31. The van der Waals surface area contributed by atoms with E-state index >= 15 is 0 Å². The highest BCUT2D eigenvalue weighted by atomic mass is 16.5. The molecule has 1 unspecified atom stereocenters. The largest absolute Gasteiger partial charge is 0.481 e. The topological polar surface area (TPSA) is 162 Å². The van der Waals surface area contributed by atoms with Crippen molar-refractivity contribution in [3.8, 4) is 5.75 Å². The Kier molecular flexibility index (Phi) is 11.7. The molecule has 0 bridgehead atoms. The Morgan fingerprint density at radius 2 is 1.84 bits per heavy atom. The highest BCUT2D eigenvalue weighted by Crippen LogP contribution is 2.21. The number of carbonyl (C=O) groups is 4. The van der Waals surface area contributed by atoms with E-state index in [4.69, 9.17) is 14.9 Å². The number of aliphatic carboxylic acids is 1. The van der Waals surface area contributed by atoms with E-state index in [-0.39, 0.29) is 37.2 Å². The maximum absolute atomic E-state index is 12.6. The first-order valence-electron chi connectivity index (χ1n) is 10.2. The summed E-state index contributed by atoms with van der Waals surface area (Å²) in [7, 11) is 0. The van der Waals surface area contributed by atoms with Crippen molar-refractivity contribution in [2.45, 2.75) is 51.5 Å². The molecule has 0 aliphatic heterocycles. The molecule has 0 aromatic heterocycles. The van der Waals surface area contributed by atoms with Crippen molar-refractivity contribution in [2.24, 2.45) is 0 Å². The second kappa shape index (κ2) is 14.0. The standard InChI is InChI=1S/C21H30N2O8/c1-2-3-4-9-22-20(28)16(23-18(25)6-5-10-24)12-14-7-8-17(31-13-19(26)27)15(11-14)21(29)30/h7-8,11,16,24H,2-6,9-10,12-13H2,1H3,(H,22,28)(H,23,25)(H,26,27)(H,29,30). The van der Waals surface area contributed by atoms with Crippen LogP contribution in [0, 0.1) is 0 Å². The van der Waals surface area contributed by atoms with Gasteiger partial charge in [0.2, 0.25) is 11.8 Å². The number of aliphatic hydroxyl groups excluding tert-OH is 1. The fourth-order valence-electron chi connectivity index (χ4n) is 2.80. The minimum Gasteiger partial charge on any atom is -0.481 e. The molecule has 0 saturated heterocycles. The molecule has 0 heterocycles. The molecular weight excluding hydrogens is 408 g/mol. The quantitative estimate of drug-likeness (QED) is 0.253. The van der Waals surface area contributed by atoms with Crippen molar-refractivity contribution in [3.63, 3.8) is 0 Å². The van der Waals surface area contributed by atoms with Crippen LogP contribution in [0.15, 0.2) is 18.2 Å². The number of benzene rings is 1. The first-order chi connectivity index (χ1) is 14.8. The van der Waals surface area contributed by atoms with E-state index in [2.05, 4.69) is 10.6 Å². The molecule has 5 N–H and O–H groups in total. The Bertz CT molecular complexity index is 766. The molecule has 1 atom stereocenters. The second-order valence-corrected chi connectivity index (χ2v) is 6.97. The number of hydrogen-bond donors (Lipinski definition) is 5. The number of amides is 2. The van der Waals surface area contributed by atoms with Gasteiger partial charge in [0.15, 0.2) is 6.61 Å². The molecular formula is C21H30N2O8. The number of aliphatic hydroxyl groups is 1. The van der Waals surface area contributed by atoms with E-state index in [1.807, 2.05) is 6.92 Å². The van der Waals surface area contributed by atoms with Gasteiger partial charge in [-0.25, -0.2) is 9.59 Å². The second-order valence-electron chi connectivity index (χ2n) is 6.97. The zero-order valence-corrected chi connectivity index (χ0v) is 17.6. The molecule has 0 aliphatic rings. The number of rotatable bonds is 15. The number of unbranched alkanes of at least 4 members (excludes halogenated alkanes) is 2. The number of hydrogen-bond acceptors (Lipinski definition) is 6. The van der Waals surface area contributed by atoms with Gasteiger partial charge in [0, 0.05) is 26.0 Å². The van der Waals surface area contributed by atoms with Crippen LogP contribution < -0.4 is 15.4 Å². The lowest BCUT2D eigenvalue weighted by molar-refractivity contribution is -0.139. The van der Waals surface area contributed by atoms with Crippen molar-refractivity contribution in [1.29, 1.82) is 0 Å². The Balaban J connectivity index is 2.98. The Morgan fingerprint density at radius 3 is 2.45 bits per heavy atom. The van der Waals surface area contributed by atoms with Gasteiger partial charge >= 0.3 is 11.9 Å². The van der Waals surface area contributed by atoms with Crippen LogP contribution in [0.4, 0.5) is 0 Å². The number of aromatic carboxylic acids is 1. The molecule has 1 aromatic carbocycles. The molecule has 0 spiro atoms. The van der Waals surface area contributed by atoms with Gasteiger partial charge in [0.25, 0.3) is 0 Å². The van der Waals surface area contributed by atoms with Crippen LogP contribution in [0.5, 0.6) is 5.75 Å². The van der Waals surface area contributed by atoms with E-state index < -0.39 is 36.4 Å². The van der Waals surface area contributed by atoms with Crippen molar-refractivity contribution in [2.75, 3.05) is 19.8 Å². The summed E-state index contributed by atoms with van der Waals surface area (Å²) in [6, 6.07) is 3.20. The van der Waals surface area contributed by atoms with Gasteiger partial charge in [0.05, 0.1) is 0 Å². The van der Waals surface area contributed by atoms with Gasteiger partial charge in [-0.1, -0.05) is 25.8 Å². The fraction of sp³-hybridized carbons (Fsp3) is 0.524. The molecule has 0 radical (unpaired) electrons. The fourth-order valence-corrected chi connectivity index (χ4v) is 2.80. The van der Waals surface area contributed by atoms with Crippen LogP contribution in [0.3, 0.4) is 0 Å². The average Bonchev–Trinajstić information content (AvgIpc) is 2.73. The normalized spacial score (nSPS) is 11.4. The SMILES string of the molecule is CCCCCNC(=O)C(Cc1ccc(OCC(=O)O)c(C(=O)O)c1)NC(=O)CCCO. The summed E-state index contributed by atoms with van der Waals surface area (Å²) in [5.41, 5.74) is 0.212. The molecule has 0 fully saturated rings. The average molecular weight is 438 g/mol. The summed E-state index contributed by atoms with van der Waals surface area (Å²) >= 11 is 0. The predicted molar refractivity (Wildman–Crippen MR) is 111 cm³/mol. The Labute approximate surface area is 180 Å². The molecule has 1 rings (SSSR count). The lowest BCUT2D eigenvalue weighted by Gasteiger charge is -2.19. The summed E-state index contributed by atoms with van der Waals surface area (Å²) < 4.78 is 5.00. The summed E-state index contributed by atoms with van der Waals surface area (Å²) in [5, 5.41) is 32.4. The predicted octanol–water partition coefficient (Wildman–Crippen LogP) is 0.954. The molecule has 10 nitrogen and oxygen atoms in total. The van der Waals surface area contributed by atoms with Crippen LogP contribution in [-0.2, 0) is 20.8 Å². The molecule has 10 heteroatoms. The van der Waals surface area contributed by atoms with Crippen molar-refractivity contribution >= 4 is 23.8 Å². The molecule has 1 aromatic rings. The third-order valence-corrected chi connectivity index (χ3v) is 4.36.